The summed E-state index contributed by atoms with van der Waals surface area (Å²) in [5, 5.41) is 0. The molecule has 0 unspecified atom stereocenters. The Labute approximate surface area is 95.2 Å². The highest BCUT2D eigenvalue weighted by Crippen LogP contribution is 2.04. The van der Waals surface area contributed by atoms with E-state index in [1.165, 1.54) is 0 Å². The van der Waals surface area contributed by atoms with Crippen LogP contribution in [0, 0.1) is 6.92 Å². The molecule has 0 aliphatic carbocycles. The number of nitrogens with zero attached hydrogens (tertiary/aromatic N) is 1. The lowest BCUT2D eigenvalue weighted by Gasteiger charge is -1.99. The first-order valence-electron chi connectivity index (χ1n) is 5.30. The predicted octanol–water partition coefficient (Wildman–Crippen LogP) is 2.17. The zero-order chi connectivity index (χ0) is 11.4. The van der Waals surface area contributed by atoms with Gasteiger partial charge < -0.3 is 0 Å². The van der Waals surface area contributed by atoms with Crippen LogP contribution >= 0.6 is 0 Å². The van der Waals surface area contributed by atoms with Crippen molar-refractivity contribution in [2.45, 2.75) is 13.5 Å². The van der Waals surface area contributed by atoms with Crippen LogP contribution < -0.4 is 4.57 Å². The normalized spacial score (nSPS) is 10.1. The molecule has 0 atom stereocenters. The van der Waals surface area contributed by atoms with Crippen molar-refractivity contribution in [2.24, 2.45) is 0 Å². The number of carbonyl (C=O) groups is 1. The smallest absolute Gasteiger partial charge is 0.227 e. The third-order valence-corrected chi connectivity index (χ3v) is 2.44. The first-order chi connectivity index (χ1) is 7.75. The van der Waals surface area contributed by atoms with E-state index in [1.807, 2.05) is 66.3 Å². The van der Waals surface area contributed by atoms with Crippen LogP contribution in [-0.2, 0) is 6.54 Å². The number of rotatable bonds is 3. The molecule has 0 aliphatic heterocycles. The highest BCUT2D eigenvalue weighted by Gasteiger charge is 2.10. The highest BCUT2D eigenvalue weighted by molar-refractivity contribution is 5.95. The molecule has 1 aromatic carbocycles. The maximum absolute atomic E-state index is 11.9. The molecule has 0 fully saturated rings. The van der Waals surface area contributed by atoms with Gasteiger partial charge in [-0.05, 0) is 13.0 Å². The van der Waals surface area contributed by atoms with Crippen LogP contribution in [0.15, 0.2) is 54.9 Å². The van der Waals surface area contributed by atoms with Gasteiger partial charge in [-0.25, -0.2) is 0 Å². The Morgan fingerprint density at radius 2 is 1.88 bits per heavy atom. The second kappa shape index (κ2) is 4.71. The number of hydrogen-bond donors (Lipinski definition) is 0. The summed E-state index contributed by atoms with van der Waals surface area (Å²) in [5.41, 5.74) is 1.89. The van der Waals surface area contributed by atoms with E-state index < -0.39 is 0 Å². The van der Waals surface area contributed by atoms with Crippen LogP contribution in [0.3, 0.4) is 0 Å². The average molecular weight is 212 g/mol. The molecule has 0 amide bonds. The lowest BCUT2D eigenvalue weighted by molar-refractivity contribution is -0.683. The van der Waals surface area contributed by atoms with E-state index in [4.69, 9.17) is 0 Å². The first-order valence-corrected chi connectivity index (χ1v) is 5.30. The Kier molecular flexibility index (Phi) is 3.10. The Bertz CT molecular complexity index is 491. The Morgan fingerprint density at radius 1 is 1.12 bits per heavy atom. The number of hydrogen-bond acceptors (Lipinski definition) is 1. The molecule has 0 N–H and O–H groups in total. The molecular weight excluding hydrogens is 198 g/mol. The molecular formula is C14H14NO+. The van der Waals surface area contributed by atoms with Crippen LogP contribution in [0.5, 0.6) is 0 Å². The Balaban J connectivity index is 2.15. The van der Waals surface area contributed by atoms with Gasteiger partial charge in [0.2, 0.25) is 12.3 Å². The fourth-order valence-corrected chi connectivity index (χ4v) is 1.62. The van der Waals surface area contributed by atoms with Gasteiger partial charge in [0, 0.05) is 17.7 Å². The molecule has 1 aromatic heterocycles. The Hall–Kier alpha value is -1.96. The van der Waals surface area contributed by atoms with Gasteiger partial charge >= 0.3 is 0 Å². The predicted molar refractivity (Wildman–Crippen MR) is 62.1 cm³/mol. The molecule has 0 aliphatic rings. The maximum Gasteiger partial charge on any atom is 0.227 e. The van der Waals surface area contributed by atoms with Crippen molar-refractivity contribution in [3.8, 4) is 0 Å². The maximum atomic E-state index is 11.9. The number of ketones is 1. The number of carbonyl (C=O) groups excluding carboxylic acids is 1. The van der Waals surface area contributed by atoms with E-state index in [-0.39, 0.29) is 5.78 Å². The van der Waals surface area contributed by atoms with E-state index in [0.717, 1.165) is 11.1 Å². The van der Waals surface area contributed by atoms with Crippen molar-refractivity contribution in [2.75, 3.05) is 0 Å². The van der Waals surface area contributed by atoms with Gasteiger partial charge in [0.05, 0.1) is 0 Å². The summed E-state index contributed by atoms with van der Waals surface area (Å²) in [6.45, 7) is 2.39. The third-order valence-electron chi connectivity index (χ3n) is 2.44. The summed E-state index contributed by atoms with van der Waals surface area (Å²) in [4.78, 5) is 11.9. The van der Waals surface area contributed by atoms with Crippen molar-refractivity contribution in [1.82, 2.24) is 0 Å². The molecule has 80 valence electrons. The lowest BCUT2D eigenvalue weighted by Crippen LogP contribution is -2.36. The fourth-order valence-electron chi connectivity index (χ4n) is 1.62. The minimum Gasteiger partial charge on any atom is -0.287 e. The Morgan fingerprint density at radius 3 is 2.56 bits per heavy atom. The topological polar surface area (TPSA) is 20.9 Å². The minimum absolute atomic E-state index is 0.139. The van der Waals surface area contributed by atoms with Crippen molar-refractivity contribution in [1.29, 1.82) is 0 Å². The number of benzene rings is 1. The zero-order valence-corrected chi connectivity index (χ0v) is 9.26. The summed E-state index contributed by atoms with van der Waals surface area (Å²) < 4.78 is 1.88. The van der Waals surface area contributed by atoms with Gasteiger partial charge in [0.15, 0.2) is 12.4 Å². The van der Waals surface area contributed by atoms with Gasteiger partial charge in [-0.15, -0.1) is 0 Å². The lowest BCUT2D eigenvalue weighted by atomic mass is 10.1. The summed E-state index contributed by atoms with van der Waals surface area (Å²) in [7, 11) is 0. The van der Waals surface area contributed by atoms with E-state index in [2.05, 4.69) is 0 Å². The number of Topliss-reactive ketones (excluding diaryl/α,β-unsaturated/α-hetero) is 1. The third kappa shape index (κ3) is 2.54. The zero-order valence-electron chi connectivity index (χ0n) is 9.26. The molecule has 2 nitrogen and oxygen atoms in total. The first kappa shape index (κ1) is 10.6. The van der Waals surface area contributed by atoms with E-state index in [0.29, 0.717) is 6.54 Å². The van der Waals surface area contributed by atoms with Crippen molar-refractivity contribution < 1.29 is 9.36 Å². The second-order valence-electron chi connectivity index (χ2n) is 3.84. The van der Waals surface area contributed by atoms with Crippen LogP contribution in [0.2, 0.25) is 0 Å². The van der Waals surface area contributed by atoms with Crippen molar-refractivity contribution in [3.63, 3.8) is 0 Å². The van der Waals surface area contributed by atoms with E-state index >= 15 is 0 Å². The van der Waals surface area contributed by atoms with Crippen LogP contribution in [0.4, 0.5) is 0 Å². The second-order valence-corrected chi connectivity index (χ2v) is 3.84. The molecule has 0 radical (unpaired) electrons. The number of pyridine rings is 1. The summed E-state index contributed by atoms with van der Waals surface area (Å²) >= 11 is 0. The van der Waals surface area contributed by atoms with Gasteiger partial charge in [-0.2, -0.15) is 4.57 Å². The SMILES string of the molecule is Cc1cccc(C(=O)C[n+]2ccccc2)c1. The van der Waals surface area contributed by atoms with Gasteiger partial charge in [-0.3, -0.25) is 4.79 Å². The summed E-state index contributed by atoms with van der Waals surface area (Å²) in [6, 6.07) is 13.5. The summed E-state index contributed by atoms with van der Waals surface area (Å²) in [6.07, 6.45) is 3.79. The summed E-state index contributed by atoms with van der Waals surface area (Å²) in [5.74, 6) is 0.139. The molecule has 0 spiro atoms. The molecule has 0 saturated carbocycles. The molecule has 2 heteroatoms. The number of aryl methyl sites for hydroxylation is 1. The molecule has 1 heterocycles. The largest absolute Gasteiger partial charge is 0.287 e. The molecule has 0 bridgehead atoms. The van der Waals surface area contributed by atoms with Gasteiger partial charge in [-0.1, -0.05) is 29.8 Å². The quantitative estimate of drug-likeness (QED) is 0.564. The van der Waals surface area contributed by atoms with E-state index in [1.54, 1.807) is 0 Å². The minimum atomic E-state index is 0.139. The van der Waals surface area contributed by atoms with Crippen LogP contribution in [0.1, 0.15) is 15.9 Å². The highest BCUT2D eigenvalue weighted by atomic mass is 16.1. The standard InChI is InChI=1S/C14H14NO/c1-12-6-5-7-13(10-12)14(16)11-15-8-3-2-4-9-15/h2-10H,11H2,1H3/q+1. The molecule has 2 aromatic rings. The van der Waals surface area contributed by atoms with Crippen LogP contribution in [-0.4, -0.2) is 5.78 Å². The van der Waals surface area contributed by atoms with Gasteiger partial charge in [0.1, 0.15) is 0 Å². The van der Waals surface area contributed by atoms with Crippen LogP contribution in [0.25, 0.3) is 0 Å². The molecule has 16 heavy (non-hydrogen) atoms. The molecule has 2 rings (SSSR count). The average Bonchev–Trinajstić information content (AvgIpc) is 2.30. The van der Waals surface area contributed by atoms with Crippen molar-refractivity contribution >= 4 is 5.78 Å². The number of aromatic nitrogens is 1. The molecule has 0 saturated heterocycles. The van der Waals surface area contributed by atoms with E-state index in [9.17, 15) is 4.79 Å². The van der Waals surface area contributed by atoms with Gasteiger partial charge in [0.25, 0.3) is 0 Å². The van der Waals surface area contributed by atoms with Crippen molar-refractivity contribution in [3.05, 3.63) is 66.0 Å². The monoisotopic (exact) mass is 212 g/mol. The fraction of sp³-hybridized carbons (Fsp3) is 0.143.